The van der Waals surface area contributed by atoms with E-state index < -0.39 is 35.5 Å². The Hall–Kier alpha value is -5.06. The van der Waals surface area contributed by atoms with Crippen LogP contribution in [-0.2, 0) is 30.5 Å². The van der Waals surface area contributed by atoms with E-state index in [-0.39, 0.29) is 55.6 Å². The molecule has 0 radical (unpaired) electrons. The van der Waals surface area contributed by atoms with Gasteiger partial charge in [-0.3, -0.25) is 34.3 Å². The number of nitrogens with zero attached hydrogens (tertiary/aromatic N) is 2. The standard InChI is InChI=1S/C31H28N4O7/c1-2-42-31(41)27-19(16-5-3-7-22-17(16)11-12-32-22)13-25(36)20(28(27)38)14-33-23-8-4-6-18-21(23)15-35(30(18)40)24-9-10-26(37)34-29(24)39/h3-8,11-12,14,19,24,27,32,38H,2,9-10,13,15H2,1H3,(H,34,37,39). The highest BCUT2D eigenvalue weighted by Gasteiger charge is 2.43. The maximum atomic E-state index is 13.4. The van der Waals surface area contributed by atoms with Crippen molar-refractivity contribution in [1.82, 2.24) is 15.2 Å². The van der Waals surface area contributed by atoms with Crippen LogP contribution in [0, 0.1) is 5.92 Å². The van der Waals surface area contributed by atoms with Gasteiger partial charge < -0.3 is 19.7 Å². The van der Waals surface area contributed by atoms with Crippen LogP contribution in [0.5, 0.6) is 0 Å². The number of hydrogen-bond donors (Lipinski definition) is 3. The molecule has 3 N–H and O–H groups in total. The lowest BCUT2D eigenvalue weighted by Gasteiger charge is -2.30. The van der Waals surface area contributed by atoms with E-state index >= 15 is 0 Å². The third-order valence-electron chi connectivity index (χ3n) is 8.14. The zero-order valence-corrected chi connectivity index (χ0v) is 22.8. The van der Waals surface area contributed by atoms with E-state index in [0.717, 1.165) is 16.5 Å². The molecule has 0 bridgehead atoms. The number of piperidine rings is 1. The van der Waals surface area contributed by atoms with Crippen LogP contribution in [0.2, 0.25) is 0 Å². The Kier molecular flexibility index (Phi) is 6.93. The van der Waals surface area contributed by atoms with Crippen molar-refractivity contribution in [2.24, 2.45) is 10.9 Å². The van der Waals surface area contributed by atoms with Crippen LogP contribution < -0.4 is 5.32 Å². The molecule has 0 spiro atoms. The van der Waals surface area contributed by atoms with Crippen molar-refractivity contribution in [3.05, 3.63) is 76.7 Å². The number of aromatic nitrogens is 1. The second kappa shape index (κ2) is 10.7. The molecule has 11 heteroatoms. The zero-order valence-electron chi connectivity index (χ0n) is 22.8. The lowest BCUT2D eigenvalue weighted by molar-refractivity contribution is -0.149. The summed E-state index contributed by atoms with van der Waals surface area (Å²) in [6, 6.07) is 11.6. The summed E-state index contributed by atoms with van der Waals surface area (Å²) < 4.78 is 5.31. The van der Waals surface area contributed by atoms with Gasteiger partial charge in [-0.05, 0) is 43.2 Å². The number of nitrogens with one attached hydrogen (secondary N) is 2. The van der Waals surface area contributed by atoms with Crippen LogP contribution in [0.1, 0.15) is 53.6 Å². The van der Waals surface area contributed by atoms with Crippen molar-refractivity contribution in [3.63, 3.8) is 0 Å². The van der Waals surface area contributed by atoms with Crippen LogP contribution in [0.25, 0.3) is 10.9 Å². The first-order valence-corrected chi connectivity index (χ1v) is 13.8. The first kappa shape index (κ1) is 27.1. The van der Waals surface area contributed by atoms with Gasteiger partial charge in [0.05, 0.1) is 17.9 Å². The second-order valence-corrected chi connectivity index (χ2v) is 10.5. The molecule has 1 saturated heterocycles. The number of aromatic amines is 1. The second-order valence-electron chi connectivity index (χ2n) is 10.5. The lowest BCUT2D eigenvalue weighted by Crippen LogP contribution is -2.52. The molecule has 214 valence electrons. The molecule has 3 aliphatic rings. The van der Waals surface area contributed by atoms with Gasteiger partial charge in [-0.1, -0.05) is 18.2 Å². The molecule has 0 saturated carbocycles. The molecule has 6 rings (SSSR count). The van der Waals surface area contributed by atoms with Gasteiger partial charge in [0.15, 0.2) is 5.78 Å². The van der Waals surface area contributed by atoms with E-state index in [4.69, 9.17) is 4.74 Å². The van der Waals surface area contributed by atoms with E-state index in [9.17, 15) is 29.1 Å². The molecule has 1 fully saturated rings. The average Bonchev–Trinajstić information content (AvgIpc) is 3.58. The summed E-state index contributed by atoms with van der Waals surface area (Å²) in [7, 11) is 0. The van der Waals surface area contributed by atoms with E-state index in [1.807, 2.05) is 24.3 Å². The predicted octanol–water partition coefficient (Wildman–Crippen LogP) is 3.38. The van der Waals surface area contributed by atoms with Crippen molar-refractivity contribution in [1.29, 1.82) is 0 Å². The van der Waals surface area contributed by atoms with Crippen molar-refractivity contribution < 1.29 is 33.8 Å². The van der Waals surface area contributed by atoms with Gasteiger partial charge in [-0.25, -0.2) is 0 Å². The highest BCUT2D eigenvalue weighted by Crippen LogP contribution is 2.42. The molecule has 3 amide bonds. The molecule has 3 heterocycles. The van der Waals surface area contributed by atoms with Gasteiger partial charge >= 0.3 is 5.97 Å². The Bertz CT molecular complexity index is 1720. The van der Waals surface area contributed by atoms with Gasteiger partial charge in [0.2, 0.25) is 11.8 Å². The topological polar surface area (TPSA) is 158 Å². The van der Waals surface area contributed by atoms with Crippen molar-refractivity contribution in [3.8, 4) is 0 Å². The number of benzene rings is 2. The number of amides is 3. The number of ether oxygens (including phenoxy) is 1. The third-order valence-corrected chi connectivity index (χ3v) is 8.14. The summed E-state index contributed by atoms with van der Waals surface area (Å²) >= 11 is 0. The fourth-order valence-corrected chi connectivity index (χ4v) is 6.12. The monoisotopic (exact) mass is 568 g/mol. The Morgan fingerprint density at radius 3 is 2.74 bits per heavy atom. The summed E-state index contributed by atoms with van der Waals surface area (Å²) in [5.74, 6) is -4.44. The lowest BCUT2D eigenvalue weighted by atomic mass is 9.74. The first-order chi connectivity index (χ1) is 20.3. The highest BCUT2D eigenvalue weighted by molar-refractivity contribution is 6.16. The summed E-state index contributed by atoms with van der Waals surface area (Å²) in [5.41, 5.74) is 2.80. The molecular formula is C31H28N4O7. The van der Waals surface area contributed by atoms with E-state index in [1.165, 1.54) is 11.1 Å². The van der Waals surface area contributed by atoms with Crippen LogP contribution >= 0.6 is 0 Å². The first-order valence-electron chi connectivity index (χ1n) is 13.8. The number of aliphatic imine (C=N–C) groups is 1. The number of H-pyrrole nitrogens is 1. The molecular weight excluding hydrogens is 540 g/mol. The molecule has 3 aromatic rings. The number of imide groups is 1. The number of rotatable bonds is 6. The fourth-order valence-electron chi connectivity index (χ4n) is 6.12. The number of carbonyl (C=O) groups excluding carboxylic acids is 5. The molecule has 3 unspecified atom stereocenters. The summed E-state index contributed by atoms with van der Waals surface area (Å²) in [6.45, 7) is 1.88. The number of esters is 1. The van der Waals surface area contributed by atoms with E-state index in [1.54, 1.807) is 31.3 Å². The minimum Gasteiger partial charge on any atom is -0.511 e. The van der Waals surface area contributed by atoms with E-state index in [0.29, 0.717) is 16.8 Å². The number of ketones is 1. The summed E-state index contributed by atoms with van der Waals surface area (Å²) in [4.78, 5) is 72.7. The number of fused-ring (bicyclic) bond motifs is 2. The highest BCUT2D eigenvalue weighted by atomic mass is 16.5. The van der Waals surface area contributed by atoms with Crippen molar-refractivity contribution >= 4 is 52.3 Å². The number of hydrogen-bond acceptors (Lipinski definition) is 8. The van der Waals surface area contributed by atoms with Crippen LogP contribution in [0.4, 0.5) is 5.69 Å². The van der Waals surface area contributed by atoms with Crippen LogP contribution in [0.15, 0.2) is 65.0 Å². The van der Waals surface area contributed by atoms with Crippen molar-refractivity contribution in [2.75, 3.05) is 6.61 Å². The quantitative estimate of drug-likeness (QED) is 0.234. The van der Waals surface area contributed by atoms with Gasteiger partial charge in [0.25, 0.3) is 5.91 Å². The molecule has 42 heavy (non-hydrogen) atoms. The van der Waals surface area contributed by atoms with Crippen molar-refractivity contribution in [2.45, 2.75) is 44.7 Å². The Labute approximate surface area is 240 Å². The smallest absolute Gasteiger partial charge is 0.317 e. The molecule has 1 aliphatic carbocycles. The molecule has 11 nitrogen and oxygen atoms in total. The normalized spacial score (nSPS) is 22.7. The Morgan fingerprint density at radius 2 is 1.95 bits per heavy atom. The Morgan fingerprint density at radius 1 is 1.14 bits per heavy atom. The molecule has 2 aliphatic heterocycles. The minimum atomic E-state index is -1.12. The molecule has 2 aromatic carbocycles. The third kappa shape index (κ3) is 4.56. The van der Waals surface area contributed by atoms with Gasteiger partial charge in [0.1, 0.15) is 17.7 Å². The van der Waals surface area contributed by atoms with Crippen LogP contribution in [0.3, 0.4) is 0 Å². The Balaban J connectivity index is 1.34. The largest absolute Gasteiger partial charge is 0.511 e. The van der Waals surface area contributed by atoms with Gasteiger partial charge in [-0.15, -0.1) is 0 Å². The maximum Gasteiger partial charge on any atom is 0.317 e. The minimum absolute atomic E-state index is 0.0478. The maximum absolute atomic E-state index is 13.4. The summed E-state index contributed by atoms with van der Waals surface area (Å²) in [6.07, 6.45) is 3.32. The molecule has 3 atom stereocenters. The van der Waals surface area contributed by atoms with Crippen LogP contribution in [-0.4, -0.2) is 63.3 Å². The number of carbonyl (C=O) groups is 5. The van der Waals surface area contributed by atoms with Gasteiger partial charge in [-0.2, -0.15) is 0 Å². The number of allylic oxidation sites excluding steroid dienone is 1. The number of aliphatic hydroxyl groups is 1. The zero-order chi connectivity index (χ0) is 29.5. The summed E-state index contributed by atoms with van der Waals surface area (Å²) in [5, 5.41) is 14.5. The van der Waals surface area contributed by atoms with E-state index in [2.05, 4.69) is 15.3 Å². The average molecular weight is 569 g/mol. The van der Waals surface area contributed by atoms with Gasteiger partial charge in [0, 0.05) is 59.7 Å². The predicted molar refractivity (Wildman–Crippen MR) is 151 cm³/mol. The number of aliphatic hydroxyl groups excluding tert-OH is 1. The fraction of sp³-hybridized carbons (Fsp3) is 0.290. The molecule has 1 aromatic heterocycles. The SMILES string of the molecule is CCOC(=O)C1C(O)=C(C=Nc2cccc3c2CN(C2CCC(=O)NC2=O)C3=O)C(=O)CC1c1cccc2[nH]ccc12. The number of Topliss-reactive ketones (excluding diaryl/α,β-unsaturated/α-hetero) is 1.